The molecule has 1 rings (SSSR count). The third kappa shape index (κ3) is 7.56. The molecule has 0 saturated heterocycles. The zero-order valence-corrected chi connectivity index (χ0v) is 13.8. The summed E-state index contributed by atoms with van der Waals surface area (Å²) in [6.07, 6.45) is 3.86. The van der Waals surface area contributed by atoms with Crippen LogP contribution in [0.4, 0.5) is 0 Å². The van der Waals surface area contributed by atoms with Gasteiger partial charge in [-0.1, -0.05) is 25.3 Å². The lowest BCUT2D eigenvalue weighted by molar-refractivity contribution is -0.158. The van der Waals surface area contributed by atoms with E-state index in [1.807, 2.05) is 17.5 Å². The SMILES string of the molecule is CCOC(=O)C(CCCCCCOCc1cccs1)C(=O)O. The van der Waals surface area contributed by atoms with Crippen molar-refractivity contribution >= 4 is 23.3 Å². The standard InChI is InChI=1S/C16H24O5S/c1-2-21-16(19)14(15(17)18)9-5-3-4-6-10-20-12-13-8-7-11-22-13/h7-8,11,14H,2-6,9-10,12H2,1H3,(H,17,18). The van der Waals surface area contributed by atoms with Crippen molar-refractivity contribution in [3.8, 4) is 0 Å². The van der Waals surface area contributed by atoms with Crippen molar-refractivity contribution < 1.29 is 24.2 Å². The summed E-state index contributed by atoms with van der Waals surface area (Å²) >= 11 is 1.68. The number of carbonyl (C=O) groups excluding carboxylic acids is 1. The van der Waals surface area contributed by atoms with Crippen LogP contribution in [0, 0.1) is 5.92 Å². The smallest absolute Gasteiger partial charge is 0.320 e. The summed E-state index contributed by atoms with van der Waals surface area (Å²) in [5.41, 5.74) is 0. The van der Waals surface area contributed by atoms with Crippen LogP contribution in [0.1, 0.15) is 43.9 Å². The molecule has 0 fully saturated rings. The summed E-state index contributed by atoms with van der Waals surface area (Å²) < 4.78 is 10.3. The fraction of sp³-hybridized carbons (Fsp3) is 0.625. The molecule has 0 aliphatic carbocycles. The number of ether oxygens (including phenoxy) is 2. The molecule has 1 atom stereocenters. The van der Waals surface area contributed by atoms with Crippen molar-refractivity contribution in [3.05, 3.63) is 22.4 Å². The van der Waals surface area contributed by atoms with E-state index in [-0.39, 0.29) is 6.61 Å². The van der Waals surface area contributed by atoms with Crippen molar-refractivity contribution in [2.75, 3.05) is 13.2 Å². The molecule has 1 unspecified atom stereocenters. The second kappa shape index (κ2) is 11.2. The largest absolute Gasteiger partial charge is 0.481 e. The highest BCUT2D eigenvalue weighted by atomic mass is 32.1. The Bertz CT molecular complexity index is 430. The number of esters is 1. The van der Waals surface area contributed by atoms with Gasteiger partial charge in [0.15, 0.2) is 5.92 Å². The van der Waals surface area contributed by atoms with E-state index in [1.165, 1.54) is 4.88 Å². The van der Waals surface area contributed by atoms with Crippen molar-refractivity contribution in [1.29, 1.82) is 0 Å². The predicted molar refractivity (Wildman–Crippen MR) is 84.8 cm³/mol. The maximum absolute atomic E-state index is 11.5. The number of carboxylic acid groups (broad SMARTS) is 1. The summed E-state index contributed by atoms with van der Waals surface area (Å²) in [4.78, 5) is 23.7. The van der Waals surface area contributed by atoms with Crippen LogP contribution in [0.2, 0.25) is 0 Å². The van der Waals surface area contributed by atoms with E-state index in [2.05, 4.69) is 0 Å². The zero-order valence-electron chi connectivity index (χ0n) is 13.0. The number of hydrogen-bond donors (Lipinski definition) is 1. The highest BCUT2D eigenvalue weighted by Crippen LogP contribution is 2.14. The molecule has 0 aliphatic rings. The molecule has 0 aromatic carbocycles. The van der Waals surface area contributed by atoms with E-state index < -0.39 is 17.9 Å². The Morgan fingerprint density at radius 2 is 2.05 bits per heavy atom. The Balaban J connectivity index is 2.03. The van der Waals surface area contributed by atoms with Crippen LogP contribution in [0.15, 0.2) is 17.5 Å². The van der Waals surface area contributed by atoms with Crippen molar-refractivity contribution in [1.82, 2.24) is 0 Å². The first-order valence-electron chi connectivity index (χ1n) is 7.64. The van der Waals surface area contributed by atoms with Crippen LogP contribution >= 0.6 is 11.3 Å². The van der Waals surface area contributed by atoms with Gasteiger partial charge in [0.25, 0.3) is 0 Å². The normalized spacial score (nSPS) is 12.0. The average Bonchev–Trinajstić information content (AvgIpc) is 2.98. The average molecular weight is 328 g/mol. The van der Waals surface area contributed by atoms with Crippen LogP contribution in [-0.2, 0) is 25.7 Å². The lowest BCUT2D eigenvalue weighted by atomic mass is 10.0. The zero-order chi connectivity index (χ0) is 16.2. The first-order valence-corrected chi connectivity index (χ1v) is 8.52. The Morgan fingerprint density at radius 1 is 1.27 bits per heavy atom. The van der Waals surface area contributed by atoms with Crippen LogP contribution in [0.5, 0.6) is 0 Å². The Hall–Kier alpha value is -1.40. The van der Waals surface area contributed by atoms with Gasteiger partial charge in [-0.3, -0.25) is 9.59 Å². The Labute approximate surface area is 135 Å². The van der Waals surface area contributed by atoms with Gasteiger partial charge in [-0.05, 0) is 31.2 Å². The summed E-state index contributed by atoms with van der Waals surface area (Å²) in [5.74, 6) is -2.76. The van der Waals surface area contributed by atoms with Gasteiger partial charge in [-0.25, -0.2) is 0 Å². The first-order chi connectivity index (χ1) is 10.6. The van der Waals surface area contributed by atoms with E-state index in [0.29, 0.717) is 26.1 Å². The molecule has 1 N–H and O–H groups in total. The minimum atomic E-state index is -1.10. The molecular weight excluding hydrogens is 304 g/mol. The Morgan fingerprint density at radius 3 is 2.68 bits per heavy atom. The number of unbranched alkanes of at least 4 members (excludes halogenated alkanes) is 3. The van der Waals surface area contributed by atoms with E-state index in [0.717, 1.165) is 19.3 Å². The third-order valence-corrected chi connectivity index (χ3v) is 4.08. The molecule has 0 radical (unpaired) electrons. The fourth-order valence-corrected chi connectivity index (χ4v) is 2.70. The van der Waals surface area contributed by atoms with Gasteiger partial charge in [0.05, 0.1) is 13.2 Å². The van der Waals surface area contributed by atoms with E-state index in [1.54, 1.807) is 18.3 Å². The molecule has 124 valence electrons. The monoisotopic (exact) mass is 328 g/mol. The molecule has 5 nitrogen and oxygen atoms in total. The minimum absolute atomic E-state index is 0.212. The number of carbonyl (C=O) groups is 2. The summed E-state index contributed by atoms with van der Waals surface area (Å²) in [6, 6.07) is 4.05. The molecule has 0 amide bonds. The number of hydrogen-bond acceptors (Lipinski definition) is 5. The van der Waals surface area contributed by atoms with E-state index in [4.69, 9.17) is 14.6 Å². The summed E-state index contributed by atoms with van der Waals surface area (Å²) in [7, 11) is 0. The molecule has 0 bridgehead atoms. The topological polar surface area (TPSA) is 72.8 Å². The molecule has 0 aliphatic heterocycles. The van der Waals surface area contributed by atoms with Gasteiger partial charge in [-0.15, -0.1) is 11.3 Å². The van der Waals surface area contributed by atoms with Gasteiger partial charge >= 0.3 is 11.9 Å². The molecular formula is C16H24O5S. The van der Waals surface area contributed by atoms with Gasteiger partial charge in [-0.2, -0.15) is 0 Å². The van der Waals surface area contributed by atoms with Crippen molar-refractivity contribution in [2.24, 2.45) is 5.92 Å². The molecule has 0 saturated carbocycles. The maximum atomic E-state index is 11.5. The highest BCUT2D eigenvalue weighted by molar-refractivity contribution is 7.09. The van der Waals surface area contributed by atoms with Crippen LogP contribution in [-0.4, -0.2) is 30.3 Å². The van der Waals surface area contributed by atoms with Gasteiger partial charge < -0.3 is 14.6 Å². The van der Waals surface area contributed by atoms with E-state index in [9.17, 15) is 9.59 Å². The maximum Gasteiger partial charge on any atom is 0.320 e. The summed E-state index contributed by atoms with van der Waals surface area (Å²) in [5, 5.41) is 11.0. The number of carboxylic acids is 1. The lowest BCUT2D eigenvalue weighted by Gasteiger charge is -2.10. The van der Waals surface area contributed by atoms with Gasteiger partial charge in [0.1, 0.15) is 0 Å². The molecule has 1 aromatic rings. The molecule has 1 heterocycles. The summed E-state index contributed by atoms with van der Waals surface area (Å²) in [6.45, 7) is 3.25. The van der Waals surface area contributed by atoms with Crippen LogP contribution in [0.3, 0.4) is 0 Å². The molecule has 6 heteroatoms. The number of thiophene rings is 1. The third-order valence-electron chi connectivity index (χ3n) is 3.23. The molecule has 0 spiro atoms. The second-order valence-corrected chi connectivity index (χ2v) is 6.01. The minimum Gasteiger partial charge on any atom is -0.481 e. The first kappa shape index (κ1) is 18.6. The van der Waals surface area contributed by atoms with Crippen molar-refractivity contribution in [3.63, 3.8) is 0 Å². The second-order valence-electron chi connectivity index (χ2n) is 4.98. The number of rotatable bonds is 12. The fourth-order valence-electron chi connectivity index (χ4n) is 2.06. The van der Waals surface area contributed by atoms with Crippen LogP contribution in [0.25, 0.3) is 0 Å². The lowest BCUT2D eigenvalue weighted by Crippen LogP contribution is -2.25. The Kier molecular flexibility index (Phi) is 9.50. The predicted octanol–water partition coefficient (Wildman–Crippen LogP) is 3.48. The quantitative estimate of drug-likeness (QED) is 0.361. The van der Waals surface area contributed by atoms with Crippen LogP contribution < -0.4 is 0 Å². The van der Waals surface area contributed by atoms with Gasteiger partial charge in [0, 0.05) is 11.5 Å². The van der Waals surface area contributed by atoms with Crippen molar-refractivity contribution in [2.45, 2.75) is 45.6 Å². The highest BCUT2D eigenvalue weighted by Gasteiger charge is 2.26. The van der Waals surface area contributed by atoms with Gasteiger partial charge in [0.2, 0.25) is 0 Å². The molecule has 22 heavy (non-hydrogen) atoms. The molecule has 1 aromatic heterocycles. The number of aliphatic carboxylic acids is 1. The van der Waals surface area contributed by atoms with E-state index >= 15 is 0 Å².